The lowest BCUT2D eigenvalue weighted by Crippen LogP contribution is -2.46. The number of nitrogens with zero attached hydrogens (tertiary/aromatic N) is 4. The summed E-state index contributed by atoms with van der Waals surface area (Å²) in [6.07, 6.45) is 5.32. The van der Waals surface area contributed by atoms with E-state index < -0.39 is 0 Å². The summed E-state index contributed by atoms with van der Waals surface area (Å²) in [5.74, 6) is 0.625. The van der Waals surface area contributed by atoms with Gasteiger partial charge in [-0.25, -0.2) is 4.98 Å². The highest BCUT2D eigenvalue weighted by molar-refractivity contribution is 5.77. The van der Waals surface area contributed by atoms with Crippen LogP contribution in [0.2, 0.25) is 0 Å². The molecule has 0 bridgehead atoms. The maximum absolute atomic E-state index is 11.7. The van der Waals surface area contributed by atoms with Crippen LogP contribution in [0, 0.1) is 5.92 Å². The molecular formula is C16H24N4O3. The molecule has 0 N–H and O–H groups in total. The summed E-state index contributed by atoms with van der Waals surface area (Å²) in [5.41, 5.74) is 0.0215. The van der Waals surface area contributed by atoms with Crippen LogP contribution in [-0.2, 0) is 16.1 Å². The summed E-state index contributed by atoms with van der Waals surface area (Å²) in [4.78, 5) is 31.7. The van der Waals surface area contributed by atoms with Gasteiger partial charge in [-0.15, -0.1) is 0 Å². The zero-order chi connectivity index (χ0) is 16.1. The lowest BCUT2D eigenvalue weighted by molar-refractivity contribution is -0.142. The van der Waals surface area contributed by atoms with Gasteiger partial charge in [-0.05, 0) is 31.8 Å². The van der Waals surface area contributed by atoms with Crippen LogP contribution >= 0.6 is 0 Å². The Balaban J connectivity index is 1.41. The SMILES string of the molecule is O=C1COCCN1CCN1CCC(Cn2cnccc2=O)CC1. The first-order valence-electron chi connectivity index (χ1n) is 8.31. The molecule has 7 heteroatoms. The van der Waals surface area contributed by atoms with Crippen molar-refractivity contribution in [2.75, 3.05) is 45.9 Å². The quantitative estimate of drug-likeness (QED) is 0.752. The summed E-state index contributed by atoms with van der Waals surface area (Å²) in [7, 11) is 0. The van der Waals surface area contributed by atoms with E-state index in [1.165, 1.54) is 12.3 Å². The van der Waals surface area contributed by atoms with Crippen molar-refractivity contribution in [3.05, 3.63) is 28.9 Å². The number of hydrogen-bond donors (Lipinski definition) is 0. The number of amides is 1. The van der Waals surface area contributed by atoms with E-state index in [4.69, 9.17) is 4.74 Å². The first-order valence-corrected chi connectivity index (χ1v) is 8.31. The summed E-state index contributed by atoms with van der Waals surface area (Å²) < 4.78 is 6.85. The van der Waals surface area contributed by atoms with E-state index >= 15 is 0 Å². The fourth-order valence-corrected chi connectivity index (χ4v) is 3.24. The molecule has 1 amide bonds. The van der Waals surface area contributed by atoms with Crippen LogP contribution < -0.4 is 5.56 Å². The predicted molar refractivity (Wildman–Crippen MR) is 85.1 cm³/mol. The second-order valence-corrected chi connectivity index (χ2v) is 6.29. The summed E-state index contributed by atoms with van der Waals surface area (Å²) in [6, 6.07) is 1.51. The van der Waals surface area contributed by atoms with E-state index in [0.717, 1.165) is 45.6 Å². The number of ether oxygens (including phenoxy) is 1. The lowest BCUT2D eigenvalue weighted by atomic mass is 9.96. The Morgan fingerprint density at radius 3 is 2.74 bits per heavy atom. The minimum atomic E-state index is 0.0215. The molecule has 0 radical (unpaired) electrons. The molecular weight excluding hydrogens is 296 g/mol. The molecule has 1 aromatic rings. The van der Waals surface area contributed by atoms with E-state index in [-0.39, 0.29) is 18.1 Å². The van der Waals surface area contributed by atoms with Crippen LogP contribution in [0.3, 0.4) is 0 Å². The number of likely N-dealkylation sites (tertiary alicyclic amines) is 1. The predicted octanol–water partition coefficient (Wildman–Crippen LogP) is -0.186. The molecule has 23 heavy (non-hydrogen) atoms. The molecule has 0 aromatic carbocycles. The van der Waals surface area contributed by atoms with Gasteiger partial charge in [0.1, 0.15) is 6.61 Å². The molecule has 7 nitrogen and oxygen atoms in total. The highest BCUT2D eigenvalue weighted by Crippen LogP contribution is 2.18. The fourth-order valence-electron chi connectivity index (χ4n) is 3.24. The average molecular weight is 320 g/mol. The van der Waals surface area contributed by atoms with Crippen molar-refractivity contribution in [1.82, 2.24) is 19.4 Å². The van der Waals surface area contributed by atoms with E-state index in [1.807, 2.05) is 4.90 Å². The standard InChI is InChI=1S/C16H24N4O3/c21-15-1-4-17-13-20(15)11-14-2-5-18(6-3-14)7-8-19-9-10-23-12-16(19)22/h1,4,13-14H,2-3,5-12H2. The zero-order valence-corrected chi connectivity index (χ0v) is 13.4. The summed E-state index contributed by atoms with van der Waals surface area (Å²) in [5, 5.41) is 0. The molecule has 2 fully saturated rings. The molecule has 0 spiro atoms. The Kier molecular flexibility index (Phi) is 5.40. The van der Waals surface area contributed by atoms with Gasteiger partial charge in [0.15, 0.2) is 0 Å². The van der Waals surface area contributed by atoms with Gasteiger partial charge in [0, 0.05) is 38.4 Å². The van der Waals surface area contributed by atoms with Crippen LogP contribution in [0.25, 0.3) is 0 Å². The number of hydrogen-bond acceptors (Lipinski definition) is 5. The summed E-state index contributed by atoms with van der Waals surface area (Å²) >= 11 is 0. The molecule has 0 saturated carbocycles. The lowest BCUT2D eigenvalue weighted by Gasteiger charge is -2.34. The van der Waals surface area contributed by atoms with E-state index in [9.17, 15) is 9.59 Å². The zero-order valence-electron chi connectivity index (χ0n) is 13.4. The first-order chi connectivity index (χ1) is 11.2. The number of piperidine rings is 1. The monoisotopic (exact) mass is 320 g/mol. The van der Waals surface area contributed by atoms with Crippen LogP contribution in [0.4, 0.5) is 0 Å². The van der Waals surface area contributed by atoms with Crippen LogP contribution in [-0.4, -0.2) is 71.2 Å². The third-order valence-electron chi connectivity index (χ3n) is 4.72. The fraction of sp³-hybridized carbons (Fsp3) is 0.688. The van der Waals surface area contributed by atoms with Crippen molar-refractivity contribution < 1.29 is 9.53 Å². The van der Waals surface area contributed by atoms with Crippen molar-refractivity contribution in [3.63, 3.8) is 0 Å². The molecule has 2 aliphatic rings. The number of carbonyl (C=O) groups is 1. The number of rotatable bonds is 5. The maximum Gasteiger partial charge on any atom is 0.253 e. The Hall–Kier alpha value is -1.73. The Labute approximate surface area is 135 Å². The van der Waals surface area contributed by atoms with Gasteiger partial charge in [-0.1, -0.05) is 0 Å². The summed E-state index contributed by atoms with van der Waals surface area (Å²) in [6.45, 7) is 6.09. The number of morpholine rings is 1. The van der Waals surface area contributed by atoms with Gasteiger partial charge in [-0.2, -0.15) is 0 Å². The third-order valence-corrected chi connectivity index (χ3v) is 4.72. The Morgan fingerprint density at radius 1 is 1.17 bits per heavy atom. The van der Waals surface area contributed by atoms with Crippen molar-refractivity contribution in [3.8, 4) is 0 Å². The van der Waals surface area contributed by atoms with Gasteiger partial charge < -0.3 is 14.5 Å². The van der Waals surface area contributed by atoms with Crippen molar-refractivity contribution in [2.24, 2.45) is 5.92 Å². The highest BCUT2D eigenvalue weighted by atomic mass is 16.5. The molecule has 1 aromatic heterocycles. The van der Waals surface area contributed by atoms with E-state index in [0.29, 0.717) is 19.1 Å². The highest BCUT2D eigenvalue weighted by Gasteiger charge is 2.22. The molecule has 0 unspecified atom stereocenters. The molecule has 0 atom stereocenters. The van der Waals surface area contributed by atoms with E-state index in [1.54, 1.807) is 10.9 Å². The number of carbonyl (C=O) groups excluding carboxylic acids is 1. The molecule has 0 aliphatic carbocycles. The third kappa shape index (κ3) is 4.39. The minimum Gasteiger partial charge on any atom is -0.370 e. The second-order valence-electron chi connectivity index (χ2n) is 6.29. The molecule has 2 aliphatic heterocycles. The normalized spacial score (nSPS) is 20.9. The Morgan fingerprint density at radius 2 is 2.00 bits per heavy atom. The average Bonchev–Trinajstić information content (AvgIpc) is 2.57. The van der Waals surface area contributed by atoms with Crippen molar-refractivity contribution in [1.29, 1.82) is 0 Å². The van der Waals surface area contributed by atoms with Gasteiger partial charge in [-0.3, -0.25) is 14.2 Å². The first kappa shape index (κ1) is 16.1. The van der Waals surface area contributed by atoms with Gasteiger partial charge in [0.05, 0.1) is 12.9 Å². The topological polar surface area (TPSA) is 67.7 Å². The van der Waals surface area contributed by atoms with Gasteiger partial charge >= 0.3 is 0 Å². The Bertz CT molecular complexity index is 581. The molecule has 2 saturated heterocycles. The van der Waals surface area contributed by atoms with Crippen molar-refractivity contribution in [2.45, 2.75) is 19.4 Å². The number of aromatic nitrogens is 2. The smallest absolute Gasteiger partial charge is 0.253 e. The van der Waals surface area contributed by atoms with E-state index in [2.05, 4.69) is 9.88 Å². The van der Waals surface area contributed by atoms with Crippen LogP contribution in [0.15, 0.2) is 23.4 Å². The van der Waals surface area contributed by atoms with Crippen LogP contribution in [0.5, 0.6) is 0 Å². The second kappa shape index (κ2) is 7.70. The van der Waals surface area contributed by atoms with Crippen molar-refractivity contribution >= 4 is 5.91 Å². The maximum atomic E-state index is 11.7. The van der Waals surface area contributed by atoms with Gasteiger partial charge in [0.25, 0.3) is 5.56 Å². The molecule has 3 heterocycles. The van der Waals surface area contributed by atoms with Crippen LogP contribution in [0.1, 0.15) is 12.8 Å². The molecule has 126 valence electrons. The van der Waals surface area contributed by atoms with Gasteiger partial charge in [0.2, 0.25) is 5.91 Å². The largest absolute Gasteiger partial charge is 0.370 e. The minimum absolute atomic E-state index is 0.0215. The molecule has 3 rings (SSSR count).